The van der Waals surface area contributed by atoms with Gasteiger partial charge in [-0.3, -0.25) is 9.79 Å². The quantitative estimate of drug-likeness (QED) is 0.210. The van der Waals surface area contributed by atoms with Crippen molar-refractivity contribution in [1.82, 2.24) is 16.0 Å². The number of hydrogen-bond acceptors (Lipinski definition) is 2. The summed E-state index contributed by atoms with van der Waals surface area (Å²) in [6, 6.07) is 6.46. The molecule has 1 rings (SSSR count). The minimum atomic E-state index is -0.324. The monoisotopic (exact) mass is 478 g/mol. The first kappa shape index (κ1) is 24.6. The molecule has 26 heavy (non-hydrogen) atoms. The van der Waals surface area contributed by atoms with Gasteiger partial charge in [0.05, 0.1) is 6.42 Å². The van der Waals surface area contributed by atoms with Crippen LogP contribution in [0.3, 0.4) is 0 Å². The number of nitrogens with one attached hydrogen (secondary N) is 3. The highest BCUT2D eigenvalue weighted by Crippen LogP contribution is 2.04. The lowest BCUT2D eigenvalue weighted by Gasteiger charge is -2.18. The molecule has 5 nitrogen and oxygen atoms in total. The lowest BCUT2D eigenvalue weighted by atomic mass is 10.1. The summed E-state index contributed by atoms with van der Waals surface area (Å²) in [5.74, 6) is 0.293. The molecule has 0 aliphatic heterocycles. The largest absolute Gasteiger partial charge is 0.355 e. The van der Waals surface area contributed by atoms with Crippen LogP contribution in [0.4, 0.5) is 4.39 Å². The van der Waals surface area contributed by atoms with Crippen LogP contribution < -0.4 is 16.0 Å². The van der Waals surface area contributed by atoms with Gasteiger partial charge in [0.15, 0.2) is 5.96 Å². The van der Waals surface area contributed by atoms with Gasteiger partial charge in [-0.1, -0.05) is 38.3 Å². The van der Waals surface area contributed by atoms with Crippen molar-refractivity contribution in [1.29, 1.82) is 0 Å². The van der Waals surface area contributed by atoms with Crippen molar-refractivity contribution in [3.8, 4) is 0 Å². The molecule has 0 heterocycles. The first-order chi connectivity index (χ1) is 12.0. The first-order valence-electron chi connectivity index (χ1n) is 9.03. The Kier molecular flexibility index (Phi) is 14.0. The molecule has 1 aromatic carbocycles. The number of nitrogens with zero attached hydrogens (tertiary/aromatic N) is 1. The number of unbranched alkanes of at least 4 members (excludes halogenated alkanes) is 2. The maximum absolute atomic E-state index is 13.1. The zero-order valence-electron chi connectivity index (χ0n) is 16.0. The number of carbonyl (C=O) groups is 1. The van der Waals surface area contributed by atoms with Crippen LogP contribution in [-0.4, -0.2) is 38.0 Å². The summed E-state index contributed by atoms with van der Waals surface area (Å²) in [6.07, 6.45) is 4.96. The van der Waals surface area contributed by atoms with E-state index in [1.54, 1.807) is 19.2 Å². The number of aliphatic imine (C=N–C) groups is 1. The molecule has 1 atom stereocenters. The van der Waals surface area contributed by atoms with E-state index in [1.807, 2.05) is 0 Å². The number of halogens is 2. The highest BCUT2D eigenvalue weighted by molar-refractivity contribution is 14.0. The minimum Gasteiger partial charge on any atom is -0.355 e. The topological polar surface area (TPSA) is 65.5 Å². The molecule has 0 aliphatic carbocycles. The van der Waals surface area contributed by atoms with Gasteiger partial charge < -0.3 is 16.0 Å². The SMILES string of the molecule is CCCCCC(C)NC(=NC)NCCNC(=O)Cc1cccc(F)c1.I. The van der Waals surface area contributed by atoms with Crippen molar-refractivity contribution in [2.75, 3.05) is 20.1 Å². The van der Waals surface area contributed by atoms with Crippen molar-refractivity contribution in [2.45, 2.75) is 52.0 Å². The number of rotatable bonds is 10. The Balaban J connectivity index is 0.00000625. The minimum absolute atomic E-state index is 0. The zero-order valence-corrected chi connectivity index (χ0v) is 18.3. The van der Waals surface area contributed by atoms with Gasteiger partial charge in [0.1, 0.15) is 5.82 Å². The van der Waals surface area contributed by atoms with Gasteiger partial charge in [0, 0.05) is 26.2 Å². The Hall–Kier alpha value is -1.38. The van der Waals surface area contributed by atoms with Gasteiger partial charge in [-0.25, -0.2) is 4.39 Å². The molecule has 0 saturated heterocycles. The van der Waals surface area contributed by atoms with Crippen LogP contribution in [0.25, 0.3) is 0 Å². The Morgan fingerprint density at radius 3 is 2.62 bits per heavy atom. The van der Waals surface area contributed by atoms with E-state index < -0.39 is 0 Å². The highest BCUT2D eigenvalue weighted by Gasteiger charge is 2.06. The second kappa shape index (κ2) is 14.8. The lowest BCUT2D eigenvalue weighted by molar-refractivity contribution is -0.120. The van der Waals surface area contributed by atoms with Gasteiger partial charge in [-0.2, -0.15) is 0 Å². The average molecular weight is 478 g/mol. The predicted molar refractivity (Wildman–Crippen MR) is 117 cm³/mol. The molecule has 1 amide bonds. The summed E-state index contributed by atoms with van der Waals surface area (Å²) in [6.45, 7) is 5.40. The van der Waals surface area contributed by atoms with Gasteiger partial charge in [-0.05, 0) is 31.0 Å². The predicted octanol–water partition coefficient (Wildman–Crippen LogP) is 3.24. The van der Waals surface area contributed by atoms with Crippen LogP contribution >= 0.6 is 24.0 Å². The van der Waals surface area contributed by atoms with Crippen LogP contribution in [0.15, 0.2) is 29.3 Å². The fraction of sp³-hybridized carbons (Fsp3) is 0.579. The Morgan fingerprint density at radius 1 is 1.23 bits per heavy atom. The summed E-state index contributed by atoms with van der Waals surface area (Å²) < 4.78 is 13.1. The van der Waals surface area contributed by atoms with Crippen molar-refractivity contribution in [2.24, 2.45) is 4.99 Å². The summed E-state index contributed by atoms with van der Waals surface area (Å²) in [5.41, 5.74) is 0.670. The molecule has 0 aliphatic rings. The molecule has 0 spiro atoms. The van der Waals surface area contributed by atoms with E-state index in [0.717, 1.165) is 12.4 Å². The van der Waals surface area contributed by atoms with Crippen LogP contribution in [0.2, 0.25) is 0 Å². The maximum atomic E-state index is 13.1. The Labute approximate surface area is 173 Å². The molecule has 0 fully saturated rings. The third kappa shape index (κ3) is 11.3. The van der Waals surface area contributed by atoms with Crippen LogP contribution in [0.5, 0.6) is 0 Å². The molecule has 1 aromatic rings. The molecule has 1 unspecified atom stereocenters. The fourth-order valence-electron chi connectivity index (χ4n) is 2.48. The summed E-state index contributed by atoms with van der Waals surface area (Å²) >= 11 is 0. The summed E-state index contributed by atoms with van der Waals surface area (Å²) in [5, 5.41) is 9.35. The summed E-state index contributed by atoms with van der Waals surface area (Å²) in [4.78, 5) is 16.0. The number of hydrogen-bond donors (Lipinski definition) is 3. The first-order valence-corrected chi connectivity index (χ1v) is 9.03. The molecule has 0 aromatic heterocycles. The molecular formula is C19H32FIN4O. The van der Waals surface area contributed by atoms with Gasteiger partial charge in [-0.15, -0.1) is 24.0 Å². The smallest absolute Gasteiger partial charge is 0.224 e. The van der Waals surface area contributed by atoms with Gasteiger partial charge in [0.2, 0.25) is 5.91 Å². The molecule has 0 bridgehead atoms. The van der Waals surface area contributed by atoms with Gasteiger partial charge >= 0.3 is 0 Å². The van der Waals surface area contributed by atoms with Gasteiger partial charge in [0.25, 0.3) is 0 Å². The second-order valence-electron chi connectivity index (χ2n) is 6.20. The second-order valence-corrected chi connectivity index (χ2v) is 6.20. The average Bonchev–Trinajstić information content (AvgIpc) is 2.57. The van der Waals surface area contributed by atoms with E-state index >= 15 is 0 Å². The molecule has 7 heteroatoms. The van der Waals surface area contributed by atoms with Crippen molar-refractivity contribution in [3.05, 3.63) is 35.6 Å². The van der Waals surface area contributed by atoms with E-state index in [1.165, 1.54) is 31.4 Å². The standard InChI is InChI=1S/C19H31FN4O.HI/c1-4-5-6-8-15(2)24-19(21-3)23-12-11-22-18(25)14-16-9-7-10-17(20)13-16;/h7,9-10,13,15H,4-6,8,11-12,14H2,1-3H3,(H,22,25)(H2,21,23,24);1H. The number of carbonyl (C=O) groups excluding carboxylic acids is 1. The molecule has 0 saturated carbocycles. The normalized spacial score (nSPS) is 12.1. The van der Waals surface area contributed by atoms with E-state index in [-0.39, 0.29) is 42.1 Å². The van der Waals surface area contributed by atoms with Crippen LogP contribution in [-0.2, 0) is 11.2 Å². The summed E-state index contributed by atoms with van der Waals surface area (Å²) in [7, 11) is 1.73. The van der Waals surface area contributed by atoms with E-state index in [2.05, 4.69) is 34.8 Å². The van der Waals surface area contributed by atoms with Crippen molar-refractivity contribution in [3.63, 3.8) is 0 Å². The molecule has 148 valence electrons. The molecule has 0 radical (unpaired) electrons. The number of amides is 1. The number of guanidine groups is 1. The Bertz CT molecular complexity index is 554. The van der Waals surface area contributed by atoms with Crippen LogP contribution in [0.1, 0.15) is 45.1 Å². The van der Waals surface area contributed by atoms with Crippen molar-refractivity contribution >= 4 is 35.8 Å². The third-order valence-corrected chi connectivity index (χ3v) is 3.84. The molecular weight excluding hydrogens is 446 g/mol. The third-order valence-electron chi connectivity index (χ3n) is 3.84. The Morgan fingerprint density at radius 2 is 1.96 bits per heavy atom. The van der Waals surface area contributed by atoms with E-state index in [4.69, 9.17) is 0 Å². The number of benzene rings is 1. The van der Waals surface area contributed by atoms with Crippen LogP contribution in [0, 0.1) is 5.82 Å². The zero-order chi connectivity index (χ0) is 18.5. The maximum Gasteiger partial charge on any atom is 0.224 e. The van der Waals surface area contributed by atoms with E-state index in [0.29, 0.717) is 24.7 Å². The lowest BCUT2D eigenvalue weighted by Crippen LogP contribution is -2.44. The van der Waals surface area contributed by atoms with Crippen molar-refractivity contribution < 1.29 is 9.18 Å². The fourth-order valence-corrected chi connectivity index (χ4v) is 2.48. The van der Waals surface area contributed by atoms with E-state index in [9.17, 15) is 9.18 Å². The molecule has 3 N–H and O–H groups in total. The highest BCUT2D eigenvalue weighted by atomic mass is 127.